The van der Waals surface area contributed by atoms with Crippen LogP contribution in [0.5, 0.6) is 6.01 Å². The highest BCUT2D eigenvalue weighted by Crippen LogP contribution is 2.41. The summed E-state index contributed by atoms with van der Waals surface area (Å²) in [5.41, 5.74) is 1.29. The number of hydrogen-bond acceptors (Lipinski definition) is 13. The molecule has 0 spiro atoms. The molecule has 0 amide bonds. The number of H-pyrrole nitrogens is 1. The van der Waals surface area contributed by atoms with Crippen LogP contribution < -0.4 is 21.7 Å². The second-order valence-corrected chi connectivity index (χ2v) is 10.0. The molecular weight excluding hydrogens is 520 g/mol. The van der Waals surface area contributed by atoms with Crippen molar-refractivity contribution in [1.82, 2.24) is 24.1 Å². The number of rotatable bonds is 7. The Kier molecular flexibility index (Phi) is 6.74. The number of nitrogens with two attached hydrogens (primary N) is 1. The number of nitrogens with zero attached hydrogens (tertiary/aromatic N) is 4. The monoisotopic (exact) mass is 550 g/mol. The predicted molar refractivity (Wildman–Crippen MR) is 132 cm³/mol. The lowest BCUT2D eigenvalue weighted by molar-refractivity contribution is -0.0985. The van der Waals surface area contributed by atoms with Gasteiger partial charge in [0.25, 0.3) is 5.56 Å². The van der Waals surface area contributed by atoms with Crippen LogP contribution in [0.15, 0.2) is 34.1 Å². The third kappa shape index (κ3) is 4.49. The van der Waals surface area contributed by atoms with Crippen molar-refractivity contribution in [3.8, 4) is 6.01 Å². The lowest BCUT2D eigenvalue weighted by atomic mass is 9.96. The fourth-order valence-corrected chi connectivity index (χ4v) is 4.98. The lowest BCUT2D eigenvalue weighted by Crippen LogP contribution is -2.47. The summed E-state index contributed by atoms with van der Waals surface area (Å²) in [6, 6.07) is 2.50. The Bertz CT molecular complexity index is 1480. The van der Waals surface area contributed by atoms with Crippen molar-refractivity contribution >= 4 is 16.9 Å². The fourth-order valence-electron chi connectivity index (χ4n) is 4.98. The normalized spacial score (nSPS) is 34.6. The van der Waals surface area contributed by atoms with Crippen molar-refractivity contribution in [3.05, 3.63) is 45.4 Å². The smallest absolute Gasteiger partial charge is 0.330 e. The van der Waals surface area contributed by atoms with E-state index in [4.69, 9.17) is 24.7 Å². The highest BCUT2D eigenvalue weighted by molar-refractivity contribution is 5.86. The zero-order valence-corrected chi connectivity index (χ0v) is 21.3. The molecule has 3 aromatic rings. The Hall–Kier alpha value is -3.38. The van der Waals surface area contributed by atoms with Crippen LogP contribution in [0.3, 0.4) is 0 Å². The van der Waals surface area contributed by atoms with Crippen LogP contribution in [0.1, 0.15) is 26.3 Å². The Morgan fingerprint density at radius 3 is 2.21 bits per heavy atom. The van der Waals surface area contributed by atoms with E-state index in [9.17, 15) is 30.0 Å². The maximum atomic E-state index is 12.2. The van der Waals surface area contributed by atoms with Gasteiger partial charge in [-0.25, -0.2) is 4.79 Å². The molecular formula is C23H30N6O10. The van der Waals surface area contributed by atoms with E-state index < -0.39 is 59.3 Å². The first-order chi connectivity index (χ1) is 18.4. The molecule has 0 radical (unpaired) electrons. The van der Waals surface area contributed by atoms with Gasteiger partial charge in [0.2, 0.25) is 0 Å². The van der Waals surface area contributed by atoms with Crippen LogP contribution in [0, 0.1) is 0 Å². The molecule has 8 atom stereocenters. The van der Waals surface area contributed by atoms with Crippen LogP contribution in [-0.2, 0) is 14.2 Å². The number of ether oxygens (including phenoxy) is 4. The molecule has 2 saturated heterocycles. The predicted octanol–water partition coefficient (Wildman–Crippen LogP) is -2.39. The first-order valence-corrected chi connectivity index (χ1v) is 12.0. The summed E-state index contributed by atoms with van der Waals surface area (Å²) in [6.07, 6.45) is -4.30. The van der Waals surface area contributed by atoms with E-state index in [0.29, 0.717) is 5.39 Å². The molecule has 16 heteroatoms. The zero-order valence-electron chi connectivity index (χ0n) is 21.3. The number of nitrogens with one attached hydrogen (secondary N) is 1. The van der Waals surface area contributed by atoms with Crippen LogP contribution >= 0.6 is 0 Å². The molecule has 7 N–H and O–H groups in total. The summed E-state index contributed by atoms with van der Waals surface area (Å²) in [5.74, 6) is 0.0536. The number of fused-ring (bicyclic) bond motifs is 1. The molecule has 39 heavy (non-hydrogen) atoms. The summed E-state index contributed by atoms with van der Waals surface area (Å²) in [7, 11) is 1.45. The van der Waals surface area contributed by atoms with Gasteiger partial charge in [-0.15, -0.1) is 0 Å². The molecule has 16 nitrogen and oxygen atoms in total. The van der Waals surface area contributed by atoms with Crippen molar-refractivity contribution in [2.24, 2.45) is 0 Å². The number of aliphatic hydroxyl groups is 4. The molecule has 2 aliphatic heterocycles. The molecule has 212 valence electrons. The van der Waals surface area contributed by atoms with Crippen LogP contribution in [0.4, 0.5) is 5.82 Å². The zero-order chi connectivity index (χ0) is 28.3. The Labute approximate surface area is 220 Å². The van der Waals surface area contributed by atoms with Crippen molar-refractivity contribution in [2.75, 3.05) is 26.1 Å². The maximum Gasteiger partial charge on any atom is 0.330 e. The van der Waals surface area contributed by atoms with E-state index in [1.807, 2.05) is 0 Å². The quantitative estimate of drug-likeness (QED) is 0.181. The van der Waals surface area contributed by atoms with E-state index in [1.54, 1.807) is 12.3 Å². The van der Waals surface area contributed by atoms with E-state index in [-0.39, 0.29) is 30.7 Å². The SMILES string of the molecule is COCC1OC(n2ccc3c(N)nc(OCC4OC(n5ccc(=O)[nH]c5=O)C(C)(O)C4O)nc32)C(C)(O)C1O. The van der Waals surface area contributed by atoms with Gasteiger partial charge in [-0.05, 0) is 19.9 Å². The average Bonchev–Trinajstić information content (AvgIpc) is 3.45. The minimum atomic E-state index is -1.92. The topological polar surface area (TPSA) is 229 Å². The molecule has 5 rings (SSSR count). The van der Waals surface area contributed by atoms with E-state index >= 15 is 0 Å². The van der Waals surface area contributed by atoms with E-state index in [2.05, 4.69) is 15.0 Å². The average molecular weight is 551 g/mol. The number of aromatic amines is 1. The first-order valence-electron chi connectivity index (χ1n) is 12.0. The van der Waals surface area contributed by atoms with Gasteiger partial charge in [0, 0.05) is 25.6 Å². The van der Waals surface area contributed by atoms with Crippen molar-refractivity contribution in [2.45, 2.75) is 61.9 Å². The van der Waals surface area contributed by atoms with Crippen molar-refractivity contribution in [1.29, 1.82) is 0 Å². The third-order valence-electron chi connectivity index (χ3n) is 7.15. The maximum absolute atomic E-state index is 12.2. The number of methoxy groups -OCH3 is 1. The van der Waals surface area contributed by atoms with E-state index in [1.165, 1.54) is 25.5 Å². The summed E-state index contributed by atoms with van der Waals surface area (Å²) < 4.78 is 24.8. The fraction of sp³-hybridized carbons (Fsp3) is 0.565. The van der Waals surface area contributed by atoms with Gasteiger partial charge in [0.1, 0.15) is 48.0 Å². The molecule has 0 aromatic carbocycles. The minimum Gasteiger partial charge on any atom is -0.460 e. The summed E-state index contributed by atoms with van der Waals surface area (Å²) in [6.45, 7) is 2.43. The van der Waals surface area contributed by atoms with Gasteiger partial charge < -0.3 is 49.7 Å². The second-order valence-electron chi connectivity index (χ2n) is 10.0. The van der Waals surface area contributed by atoms with Gasteiger partial charge >= 0.3 is 11.7 Å². The summed E-state index contributed by atoms with van der Waals surface area (Å²) in [4.78, 5) is 34.2. The molecule has 2 aliphatic rings. The van der Waals surface area contributed by atoms with Crippen molar-refractivity contribution < 1.29 is 39.4 Å². The van der Waals surface area contributed by atoms with E-state index in [0.717, 1.165) is 16.8 Å². The molecule has 8 unspecified atom stereocenters. The van der Waals surface area contributed by atoms with Crippen LogP contribution in [0.25, 0.3) is 11.0 Å². The highest BCUT2D eigenvalue weighted by Gasteiger charge is 2.54. The number of nitrogen functional groups attached to an aromatic ring is 1. The molecule has 0 saturated carbocycles. The molecule has 2 fully saturated rings. The van der Waals surface area contributed by atoms with Gasteiger partial charge in [-0.1, -0.05) is 0 Å². The Morgan fingerprint density at radius 2 is 1.59 bits per heavy atom. The Balaban J connectivity index is 1.39. The van der Waals surface area contributed by atoms with Crippen LogP contribution in [0.2, 0.25) is 0 Å². The van der Waals surface area contributed by atoms with Crippen molar-refractivity contribution in [3.63, 3.8) is 0 Å². The van der Waals surface area contributed by atoms with Gasteiger partial charge in [0.05, 0.1) is 12.0 Å². The highest BCUT2D eigenvalue weighted by atomic mass is 16.6. The largest absolute Gasteiger partial charge is 0.460 e. The van der Waals surface area contributed by atoms with Gasteiger partial charge in [0.15, 0.2) is 18.1 Å². The summed E-state index contributed by atoms with van der Waals surface area (Å²) in [5, 5.41) is 43.6. The molecule has 3 aromatic heterocycles. The van der Waals surface area contributed by atoms with Gasteiger partial charge in [-0.3, -0.25) is 14.3 Å². The lowest BCUT2D eigenvalue weighted by Gasteiger charge is -2.27. The minimum absolute atomic E-state index is 0.0536. The Morgan fingerprint density at radius 1 is 1.00 bits per heavy atom. The number of hydrogen-bond donors (Lipinski definition) is 6. The molecule has 0 bridgehead atoms. The number of aromatic nitrogens is 5. The number of anilines is 1. The first kappa shape index (κ1) is 27.2. The standard InChI is InChI=1S/C23H30N6O10/c1-22(34)14(31)11(8-36-3)38-18(22)28-6-4-10-16(24)26-20(27-17(10)28)37-9-12-15(32)23(2,35)19(39-12)29-7-5-13(30)25-21(29)33/h4-7,11-12,14-15,18-19,31-32,34-35H,8-9H2,1-3H3,(H2,24,26,27)(H,25,30,33). The number of aliphatic hydroxyl groups excluding tert-OH is 2. The van der Waals surface area contributed by atoms with Gasteiger partial charge in [-0.2, -0.15) is 9.97 Å². The summed E-state index contributed by atoms with van der Waals surface area (Å²) >= 11 is 0. The third-order valence-corrected chi connectivity index (χ3v) is 7.15. The van der Waals surface area contributed by atoms with Crippen LogP contribution in [-0.4, -0.2) is 100 Å². The molecule has 0 aliphatic carbocycles. The second kappa shape index (κ2) is 9.67. The molecule has 5 heterocycles.